The second-order valence-corrected chi connectivity index (χ2v) is 10.8. The molecule has 0 amide bonds. The molecular weight excluding hydrogens is 528 g/mol. The summed E-state index contributed by atoms with van der Waals surface area (Å²) in [6.45, 7) is 1.64. The monoisotopic (exact) mass is 549 g/mol. The molecule has 0 aliphatic carbocycles. The molecular formula is C28H21F2N3O5S. The molecule has 39 heavy (non-hydrogen) atoms. The number of pyridine rings is 1. The Morgan fingerprint density at radius 2 is 1.67 bits per heavy atom. The Bertz CT molecular complexity index is 1880. The highest BCUT2D eigenvalue weighted by molar-refractivity contribution is 7.92. The van der Waals surface area contributed by atoms with Crippen LogP contribution in [0.2, 0.25) is 0 Å². The summed E-state index contributed by atoms with van der Waals surface area (Å²) in [5.74, 6) is -4.67. The largest absolute Gasteiger partial charge is 0.478 e. The minimum absolute atomic E-state index is 0.00835. The van der Waals surface area contributed by atoms with E-state index in [9.17, 15) is 22.4 Å². The smallest absolute Gasteiger partial charge is 0.335 e. The maximum atomic E-state index is 15.2. The number of nitrogens with one attached hydrogen (secondary N) is 2. The number of nitrogens with zero attached hydrogens (tertiary/aromatic N) is 1. The van der Waals surface area contributed by atoms with Crippen molar-refractivity contribution in [2.75, 3.05) is 10.5 Å². The van der Waals surface area contributed by atoms with Gasteiger partial charge in [0.15, 0.2) is 11.6 Å². The third-order valence-corrected chi connectivity index (χ3v) is 7.71. The number of hydrogen-bond acceptors (Lipinski definition) is 5. The molecule has 8 nitrogen and oxygen atoms in total. The standard InChI is InChI=1S/C28H21F2N3O5S/c1-2-11-39(37,38)33-23-10-8-21(29)24(25(23)30)26(34)17-7-9-22-19(12-17)20-13-18(14-31-27(20)32-22)15-3-5-16(6-4-15)28(35)36/h3-10,12-14,33H,2,11H2,1H3,(H,31,32)(H,35,36). The molecule has 0 spiro atoms. The summed E-state index contributed by atoms with van der Waals surface area (Å²) in [4.78, 5) is 32.0. The molecule has 0 unspecified atom stereocenters. The summed E-state index contributed by atoms with van der Waals surface area (Å²) < 4.78 is 56.2. The molecule has 2 heterocycles. The van der Waals surface area contributed by atoms with Crippen molar-refractivity contribution in [2.45, 2.75) is 13.3 Å². The first-order chi connectivity index (χ1) is 18.6. The summed E-state index contributed by atoms with van der Waals surface area (Å²) in [7, 11) is -3.87. The molecule has 2 aromatic heterocycles. The lowest BCUT2D eigenvalue weighted by Crippen LogP contribution is -2.18. The van der Waals surface area contributed by atoms with E-state index >= 15 is 4.39 Å². The molecule has 0 aliphatic heterocycles. The van der Waals surface area contributed by atoms with Crippen molar-refractivity contribution in [2.24, 2.45) is 0 Å². The van der Waals surface area contributed by atoms with Crippen molar-refractivity contribution in [1.29, 1.82) is 0 Å². The minimum atomic E-state index is -3.87. The molecule has 3 aromatic carbocycles. The van der Waals surface area contributed by atoms with Crippen molar-refractivity contribution in [1.82, 2.24) is 9.97 Å². The van der Waals surface area contributed by atoms with E-state index in [0.29, 0.717) is 33.9 Å². The van der Waals surface area contributed by atoms with E-state index < -0.39 is 44.7 Å². The fourth-order valence-electron chi connectivity index (χ4n) is 4.35. The summed E-state index contributed by atoms with van der Waals surface area (Å²) in [6, 6.07) is 14.4. The minimum Gasteiger partial charge on any atom is -0.478 e. The number of carbonyl (C=O) groups is 2. The Kier molecular flexibility index (Phi) is 6.61. The molecule has 0 atom stereocenters. The van der Waals surface area contributed by atoms with E-state index in [1.165, 1.54) is 24.3 Å². The number of benzene rings is 3. The van der Waals surface area contributed by atoms with Crippen LogP contribution in [0.25, 0.3) is 33.1 Å². The first-order valence-electron chi connectivity index (χ1n) is 11.9. The molecule has 11 heteroatoms. The van der Waals surface area contributed by atoms with Gasteiger partial charge in [-0.1, -0.05) is 19.1 Å². The van der Waals surface area contributed by atoms with Gasteiger partial charge >= 0.3 is 5.97 Å². The van der Waals surface area contributed by atoms with E-state index in [1.54, 1.807) is 31.3 Å². The zero-order valence-electron chi connectivity index (χ0n) is 20.5. The van der Waals surface area contributed by atoms with Crippen molar-refractivity contribution >= 4 is 49.4 Å². The van der Waals surface area contributed by atoms with E-state index in [1.807, 2.05) is 6.07 Å². The van der Waals surface area contributed by atoms with Gasteiger partial charge in [0.05, 0.1) is 22.6 Å². The average molecular weight is 550 g/mol. The summed E-state index contributed by atoms with van der Waals surface area (Å²) in [5, 5.41) is 10.3. The van der Waals surface area contributed by atoms with Crippen LogP contribution in [0.5, 0.6) is 0 Å². The van der Waals surface area contributed by atoms with Crippen LogP contribution in [-0.2, 0) is 10.0 Å². The predicted octanol–water partition coefficient (Wildman–Crippen LogP) is 5.74. The van der Waals surface area contributed by atoms with E-state index in [0.717, 1.165) is 17.7 Å². The molecule has 0 aliphatic rings. The topological polar surface area (TPSA) is 129 Å². The van der Waals surface area contributed by atoms with Gasteiger partial charge < -0.3 is 10.1 Å². The zero-order chi connectivity index (χ0) is 27.9. The first-order valence-corrected chi connectivity index (χ1v) is 13.5. The molecule has 198 valence electrons. The normalized spacial score (nSPS) is 11.7. The molecule has 3 N–H and O–H groups in total. The van der Waals surface area contributed by atoms with Crippen LogP contribution in [-0.4, -0.2) is 41.0 Å². The maximum absolute atomic E-state index is 15.2. The summed E-state index contributed by atoms with van der Waals surface area (Å²) >= 11 is 0. The number of anilines is 1. The van der Waals surface area contributed by atoms with Crippen molar-refractivity contribution in [3.8, 4) is 11.1 Å². The van der Waals surface area contributed by atoms with Gasteiger partial charge in [-0.25, -0.2) is 27.0 Å². The summed E-state index contributed by atoms with van der Waals surface area (Å²) in [5.41, 5.74) is 1.33. The Morgan fingerprint density at radius 3 is 2.36 bits per heavy atom. The number of aromatic nitrogens is 2. The van der Waals surface area contributed by atoms with Crippen molar-refractivity contribution in [3.63, 3.8) is 0 Å². The van der Waals surface area contributed by atoms with Gasteiger partial charge in [-0.2, -0.15) is 0 Å². The highest BCUT2D eigenvalue weighted by Crippen LogP contribution is 2.31. The molecule has 0 radical (unpaired) electrons. The highest BCUT2D eigenvalue weighted by atomic mass is 32.2. The van der Waals surface area contributed by atoms with Crippen LogP contribution < -0.4 is 4.72 Å². The van der Waals surface area contributed by atoms with Gasteiger partial charge in [-0.3, -0.25) is 9.52 Å². The van der Waals surface area contributed by atoms with Gasteiger partial charge in [0.1, 0.15) is 11.5 Å². The summed E-state index contributed by atoms with van der Waals surface area (Å²) in [6.07, 6.45) is 1.91. The highest BCUT2D eigenvalue weighted by Gasteiger charge is 2.24. The number of sulfonamides is 1. The number of halogens is 2. The fourth-order valence-corrected chi connectivity index (χ4v) is 5.48. The Balaban J connectivity index is 1.56. The fraction of sp³-hybridized carbons (Fsp3) is 0.107. The molecule has 0 saturated heterocycles. The van der Waals surface area contributed by atoms with Crippen LogP contribution in [0.3, 0.4) is 0 Å². The molecule has 0 saturated carbocycles. The molecule has 5 aromatic rings. The van der Waals surface area contributed by atoms with Gasteiger partial charge in [-0.15, -0.1) is 0 Å². The number of carboxylic acids is 1. The van der Waals surface area contributed by atoms with Gasteiger partial charge in [-0.05, 0) is 60.5 Å². The third-order valence-electron chi connectivity index (χ3n) is 6.23. The van der Waals surface area contributed by atoms with Crippen LogP contribution in [0.4, 0.5) is 14.5 Å². The Labute approximate surface area is 221 Å². The first kappa shape index (κ1) is 26.0. The van der Waals surface area contributed by atoms with E-state index in [2.05, 4.69) is 14.7 Å². The number of carboxylic acid groups (broad SMARTS) is 1. The Hall–Kier alpha value is -4.64. The third kappa shape index (κ3) is 4.96. The van der Waals surface area contributed by atoms with Gasteiger partial charge in [0.2, 0.25) is 10.0 Å². The van der Waals surface area contributed by atoms with Crippen molar-refractivity contribution < 1.29 is 31.9 Å². The zero-order valence-corrected chi connectivity index (χ0v) is 21.3. The lowest BCUT2D eigenvalue weighted by atomic mass is 9.99. The second kappa shape index (κ2) is 9.91. The van der Waals surface area contributed by atoms with Crippen molar-refractivity contribution in [3.05, 3.63) is 95.2 Å². The van der Waals surface area contributed by atoms with Crippen LogP contribution >= 0.6 is 0 Å². The molecule has 0 bridgehead atoms. The molecule has 5 rings (SSSR count). The van der Waals surface area contributed by atoms with E-state index in [4.69, 9.17) is 5.11 Å². The van der Waals surface area contributed by atoms with Crippen LogP contribution in [0, 0.1) is 11.6 Å². The average Bonchev–Trinajstić information content (AvgIpc) is 3.27. The maximum Gasteiger partial charge on any atom is 0.335 e. The lowest BCUT2D eigenvalue weighted by molar-refractivity contribution is 0.0696. The number of hydrogen-bond donors (Lipinski definition) is 3. The Morgan fingerprint density at radius 1 is 0.949 bits per heavy atom. The number of aromatic carboxylic acids is 1. The van der Waals surface area contributed by atoms with E-state index in [-0.39, 0.29) is 16.9 Å². The van der Waals surface area contributed by atoms with Crippen LogP contribution in [0.15, 0.2) is 66.9 Å². The molecule has 0 fully saturated rings. The second-order valence-electron chi connectivity index (χ2n) is 8.92. The number of carbonyl (C=O) groups excluding carboxylic acids is 1. The van der Waals surface area contributed by atoms with Gasteiger partial charge in [0, 0.05) is 33.6 Å². The number of aromatic amines is 1. The number of H-pyrrole nitrogens is 1. The quantitative estimate of drug-likeness (QED) is 0.212. The SMILES string of the molecule is CCCS(=O)(=O)Nc1ccc(F)c(C(=O)c2ccc3[nH]c4ncc(-c5ccc(C(=O)O)cc5)cc4c3c2)c1F. The number of ketones is 1. The van der Waals surface area contributed by atoms with Gasteiger partial charge in [0.25, 0.3) is 0 Å². The number of fused-ring (bicyclic) bond motifs is 3. The van der Waals surface area contributed by atoms with Crippen LogP contribution in [0.1, 0.15) is 39.6 Å². The lowest BCUT2D eigenvalue weighted by Gasteiger charge is -2.11. The predicted molar refractivity (Wildman–Crippen MR) is 143 cm³/mol. The number of rotatable bonds is 8.